The first-order valence-corrected chi connectivity index (χ1v) is 6.70. The van der Waals surface area contributed by atoms with E-state index in [1.54, 1.807) is 0 Å². The van der Waals surface area contributed by atoms with E-state index in [-0.39, 0.29) is 36.3 Å². The predicted molar refractivity (Wildman–Crippen MR) is 72.3 cm³/mol. The van der Waals surface area contributed by atoms with Gasteiger partial charge in [-0.1, -0.05) is 24.0 Å². The van der Waals surface area contributed by atoms with Crippen LogP contribution in [0.5, 0.6) is 0 Å². The summed E-state index contributed by atoms with van der Waals surface area (Å²) in [4.78, 5) is 25.5. The Balaban J connectivity index is 1.85. The van der Waals surface area contributed by atoms with Crippen molar-refractivity contribution in [2.45, 2.75) is 19.4 Å². The molecular weight excluding hydrogens is 254 g/mol. The first kappa shape index (κ1) is 12.9. The fourth-order valence-electron chi connectivity index (χ4n) is 2.76. The molecule has 1 aromatic rings. The van der Waals surface area contributed by atoms with Crippen molar-refractivity contribution in [2.75, 3.05) is 6.61 Å². The van der Waals surface area contributed by atoms with Gasteiger partial charge in [0.15, 0.2) is 0 Å². The summed E-state index contributed by atoms with van der Waals surface area (Å²) in [6.07, 6.45) is 0.725. The Hall–Kier alpha value is -2.12. The second kappa shape index (κ2) is 4.77. The number of amides is 2. The van der Waals surface area contributed by atoms with Gasteiger partial charge in [-0.3, -0.25) is 14.5 Å². The van der Waals surface area contributed by atoms with E-state index in [1.165, 1.54) is 4.90 Å². The standard InChI is InChI=1S/C16H15NO3/c1-10(17-15(19)13-9-14(13)16(17)20)12-6-2-4-11(8-12)5-3-7-18/h2,4,6,8,10,13-14,18H,7,9H2,1H3. The molecule has 3 unspecified atom stereocenters. The molecule has 3 rings (SSSR count). The molecule has 4 heteroatoms. The highest BCUT2D eigenvalue weighted by molar-refractivity contribution is 6.09. The Morgan fingerprint density at radius 1 is 1.35 bits per heavy atom. The highest BCUT2D eigenvalue weighted by Gasteiger charge is 2.59. The predicted octanol–water partition coefficient (Wildman–Crippen LogP) is 1.10. The maximum atomic E-state index is 12.1. The molecule has 3 atom stereocenters. The van der Waals surface area contributed by atoms with Crippen LogP contribution in [0.1, 0.15) is 30.5 Å². The van der Waals surface area contributed by atoms with E-state index in [0.717, 1.165) is 17.5 Å². The molecule has 1 aliphatic carbocycles. The van der Waals surface area contributed by atoms with Gasteiger partial charge in [0.1, 0.15) is 6.61 Å². The number of benzene rings is 1. The summed E-state index contributed by atoms with van der Waals surface area (Å²) in [7, 11) is 0. The molecule has 1 saturated carbocycles. The minimum Gasteiger partial charge on any atom is -0.384 e. The van der Waals surface area contributed by atoms with Crippen molar-refractivity contribution < 1.29 is 14.7 Å². The summed E-state index contributed by atoms with van der Waals surface area (Å²) in [5.41, 5.74) is 1.66. The zero-order chi connectivity index (χ0) is 14.3. The molecule has 0 bridgehead atoms. The van der Waals surface area contributed by atoms with Crippen LogP contribution in [0.25, 0.3) is 0 Å². The van der Waals surface area contributed by atoms with E-state index in [2.05, 4.69) is 11.8 Å². The zero-order valence-electron chi connectivity index (χ0n) is 11.2. The van der Waals surface area contributed by atoms with Crippen molar-refractivity contribution in [2.24, 2.45) is 11.8 Å². The van der Waals surface area contributed by atoms with E-state index in [0.29, 0.717) is 0 Å². The minimum atomic E-state index is -0.265. The zero-order valence-corrected chi connectivity index (χ0v) is 11.2. The van der Waals surface area contributed by atoms with Crippen LogP contribution in [-0.2, 0) is 9.59 Å². The van der Waals surface area contributed by atoms with Crippen LogP contribution in [0, 0.1) is 23.7 Å². The van der Waals surface area contributed by atoms with Crippen LogP contribution in [0.3, 0.4) is 0 Å². The van der Waals surface area contributed by atoms with Crippen molar-refractivity contribution in [3.63, 3.8) is 0 Å². The number of carbonyl (C=O) groups excluding carboxylic acids is 2. The number of fused-ring (bicyclic) bond motifs is 1. The number of aliphatic hydroxyl groups is 1. The number of rotatable bonds is 2. The summed E-state index contributed by atoms with van der Waals surface area (Å²) in [6.45, 7) is 1.67. The van der Waals surface area contributed by atoms with Crippen molar-refractivity contribution in [3.05, 3.63) is 35.4 Å². The van der Waals surface area contributed by atoms with E-state index >= 15 is 0 Å². The van der Waals surface area contributed by atoms with Crippen molar-refractivity contribution >= 4 is 11.8 Å². The largest absolute Gasteiger partial charge is 0.384 e. The Kier molecular flexibility index (Phi) is 3.07. The highest BCUT2D eigenvalue weighted by atomic mass is 16.2. The monoisotopic (exact) mass is 269 g/mol. The average molecular weight is 269 g/mol. The van der Waals surface area contributed by atoms with Crippen LogP contribution in [0.4, 0.5) is 0 Å². The van der Waals surface area contributed by atoms with Crippen LogP contribution in [-0.4, -0.2) is 28.4 Å². The fourth-order valence-corrected chi connectivity index (χ4v) is 2.76. The molecule has 2 aliphatic rings. The van der Waals surface area contributed by atoms with Crippen molar-refractivity contribution in [3.8, 4) is 11.8 Å². The van der Waals surface area contributed by atoms with Gasteiger partial charge in [-0.15, -0.1) is 0 Å². The molecule has 1 N–H and O–H groups in total. The maximum absolute atomic E-state index is 12.1. The number of piperidine rings is 1. The Labute approximate surface area is 117 Å². The topological polar surface area (TPSA) is 57.6 Å². The number of imide groups is 1. The minimum absolute atomic E-state index is 0.0423. The van der Waals surface area contributed by atoms with E-state index in [4.69, 9.17) is 5.11 Å². The molecule has 1 aliphatic heterocycles. The molecule has 1 aromatic carbocycles. The van der Waals surface area contributed by atoms with Gasteiger partial charge in [-0.05, 0) is 31.0 Å². The Morgan fingerprint density at radius 3 is 2.70 bits per heavy atom. The van der Waals surface area contributed by atoms with Gasteiger partial charge in [-0.2, -0.15) is 0 Å². The van der Waals surface area contributed by atoms with Gasteiger partial charge in [0.2, 0.25) is 11.8 Å². The Morgan fingerprint density at radius 2 is 2.05 bits per heavy atom. The molecule has 20 heavy (non-hydrogen) atoms. The summed E-state index contributed by atoms with van der Waals surface area (Å²) in [5.74, 6) is 5.20. The first-order valence-electron chi connectivity index (χ1n) is 6.70. The molecule has 2 fully saturated rings. The van der Waals surface area contributed by atoms with Crippen LogP contribution in [0.2, 0.25) is 0 Å². The van der Waals surface area contributed by atoms with E-state index in [9.17, 15) is 9.59 Å². The number of hydrogen-bond donors (Lipinski definition) is 1. The van der Waals surface area contributed by atoms with E-state index in [1.807, 2.05) is 31.2 Å². The molecule has 2 amide bonds. The highest BCUT2D eigenvalue weighted by Crippen LogP contribution is 2.49. The smallest absolute Gasteiger partial charge is 0.233 e. The number of likely N-dealkylation sites (tertiary alicyclic amines) is 1. The summed E-state index contributed by atoms with van der Waals surface area (Å²) in [5, 5.41) is 8.71. The Bertz CT molecular complexity index is 621. The summed E-state index contributed by atoms with van der Waals surface area (Å²) >= 11 is 0. The molecule has 1 saturated heterocycles. The number of hydrogen-bond acceptors (Lipinski definition) is 3. The third-order valence-corrected chi connectivity index (χ3v) is 3.97. The molecule has 0 radical (unpaired) electrons. The number of carbonyl (C=O) groups is 2. The van der Waals surface area contributed by atoms with Gasteiger partial charge >= 0.3 is 0 Å². The van der Waals surface area contributed by atoms with Gasteiger partial charge in [0.25, 0.3) is 0 Å². The first-order chi connectivity index (χ1) is 9.63. The lowest BCUT2D eigenvalue weighted by Gasteiger charge is -2.24. The van der Waals surface area contributed by atoms with Gasteiger partial charge in [-0.25, -0.2) is 0 Å². The fraction of sp³-hybridized carbons (Fsp3) is 0.375. The SMILES string of the molecule is CC(c1cccc(C#CCO)c1)N1C(=O)C2CC2C1=O. The number of aliphatic hydroxyl groups excluding tert-OH is 1. The summed E-state index contributed by atoms with van der Waals surface area (Å²) < 4.78 is 0. The van der Waals surface area contributed by atoms with Gasteiger partial charge in [0.05, 0.1) is 17.9 Å². The summed E-state index contributed by atoms with van der Waals surface area (Å²) in [6, 6.07) is 7.17. The lowest BCUT2D eigenvalue weighted by atomic mass is 10.0. The third kappa shape index (κ3) is 2.00. The lowest BCUT2D eigenvalue weighted by Crippen LogP contribution is -2.35. The van der Waals surface area contributed by atoms with E-state index < -0.39 is 0 Å². The van der Waals surface area contributed by atoms with Gasteiger partial charge < -0.3 is 5.11 Å². The maximum Gasteiger partial charge on any atom is 0.233 e. The van der Waals surface area contributed by atoms with Crippen LogP contribution in [0.15, 0.2) is 24.3 Å². The molecular formula is C16H15NO3. The average Bonchev–Trinajstić information content (AvgIpc) is 3.21. The second-order valence-corrected chi connectivity index (χ2v) is 5.26. The normalized spacial score (nSPS) is 25.0. The second-order valence-electron chi connectivity index (χ2n) is 5.26. The quantitative estimate of drug-likeness (QED) is 0.646. The lowest BCUT2D eigenvalue weighted by molar-refractivity contribution is -0.143. The number of nitrogens with zero attached hydrogens (tertiary/aromatic N) is 1. The molecule has 102 valence electrons. The van der Waals surface area contributed by atoms with Gasteiger partial charge in [0, 0.05) is 5.56 Å². The van der Waals surface area contributed by atoms with Crippen molar-refractivity contribution in [1.82, 2.24) is 4.90 Å². The van der Waals surface area contributed by atoms with Crippen LogP contribution < -0.4 is 0 Å². The molecule has 0 aromatic heterocycles. The third-order valence-electron chi connectivity index (χ3n) is 3.97. The van der Waals surface area contributed by atoms with Crippen LogP contribution >= 0.6 is 0 Å². The molecule has 1 heterocycles. The molecule has 4 nitrogen and oxygen atoms in total. The molecule has 0 spiro atoms. The van der Waals surface area contributed by atoms with Crippen molar-refractivity contribution in [1.29, 1.82) is 0 Å².